The maximum atomic E-state index is 14.1. The number of aromatic nitrogens is 1. The Balaban J connectivity index is 1.51. The van der Waals surface area contributed by atoms with Crippen LogP contribution in [0.25, 0.3) is 21.2 Å². The number of hydrogen-bond donors (Lipinski definition) is 3. The molecule has 0 saturated heterocycles. The number of ether oxygens (including phenoxy) is 2. The predicted octanol–water partition coefficient (Wildman–Crippen LogP) is 3.80. The number of carbonyl (C=O) groups is 2. The lowest BCUT2D eigenvalue weighted by molar-refractivity contribution is 0.0900. The van der Waals surface area contributed by atoms with Gasteiger partial charge in [0.2, 0.25) is 5.78 Å². The van der Waals surface area contributed by atoms with Gasteiger partial charge in [-0.1, -0.05) is 12.1 Å². The summed E-state index contributed by atoms with van der Waals surface area (Å²) in [6.45, 7) is -0.510. The lowest BCUT2D eigenvalue weighted by Gasteiger charge is -2.12. The third-order valence-electron chi connectivity index (χ3n) is 5.21. The number of ketones is 1. The molecule has 2 aromatic carbocycles. The molecule has 180 valence electrons. The fourth-order valence-corrected chi connectivity index (χ4v) is 4.51. The quantitative estimate of drug-likeness (QED) is 0.302. The van der Waals surface area contributed by atoms with Crippen molar-refractivity contribution in [3.8, 4) is 28.4 Å². The number of carbonyl (C=O) groups excluding carboxylic acids is 2. The van der Waals surface area contributed by atoms with Gasteiger partial charge in [0, 0.05) is 33.7 Å². The van der Waals surface area contributed by atoms with Crippen molar-refractivity contribution in [1.82, 2.24) is 10.3 Å². The minimum atomic E-state index is -0.599. The monoisotopic (exact) mass is 496 g/mol. The number of hydrogen-bond acceptors (Lipinski definition) is 8. The van der Waals surface area contributed by atoms with Crippen LogP contribution in [0.2, 0.25) is 0 Å². The van der Waals surface area contributed by atoms with E-state index in [1.807, 2.05) is 0 Å². The molecule has 4 rings (SSSR count). The number of aromatic hydroxyl groups is 1. The van der Waals surface area contributed by atoms with Crippen LogP contribution in [-0.2, 0) is 0 Å². The second kappa shape index (κ2) is 10.5. The first-order chi connectivity index (χ1) is 16.9. The average Bonchev–Trinajstić information content (AvgIpc) is 3.31. The van der Waals surface area contributed by atoms with Gasteiger partial charge in [0.05, 0.1) is 25.0 Å². The number of thiophene rings is 1. The third-order valence-corrected chi connectivity index (χ3v) is 6.22. The topological polar surface area (TPSA) is 118 Å². The van der Waals surface area contributed by atoms with E-state index < -0.39 is 18.2 Å². The summed E-state index contributed by atoms with van der Waals surface area (Å²) >= 11 is 1.20. The van der Waals surface area contributed by atoms with Gasteiger partial charge in [-0.3, -0.25) is 9.59 Å². The number of aliphatic hydroxyl groups is 1. The molecule has 0 unspecified atom stereocenters. The van der Waals surface area contributed by atoms with E-state index in [0.29, 0.717) is 32.7 Å². The lowest BCUT2D eigenvalue weighted by atomic mass is 10.0. The Kier molecular flexibility index (Phi) is 7.23. The molecule has 0 fully saturated rings. The van der Waals surface area contributed by atoms with Crippen molar-refractivity contribution < 1.29 is 33.7 Å². The summed E-state index contributed by atoms with van der Waals surface area (Å²) in [6.07, 6.45) is 1.38. The van der Waals surface area contributed by atoms with Crippen LogP contribution in [0, 0.1) is 5.82 Å². The fourth-order valence-electron chi connectivity index (χ4n) is 3.54. The second-order valence-electron chi connectivity index (χ2n) is 7.37. The van der Waals surface area contributed by atoms with E-state index in [1.165, 1.54) is 48.9 Å². The van der Waals surface area contributed by atoms with Crippen molar-refractivity contribution in [1.29, 1.82) is 0 Å². The molecule has 2 aromatic heterocycles. The van der Waals surface area contributed by atoms with E-state index in [0.717, 1.165) is 0 Å². The van der Waals surface area contributed by atoms with Gasteiger partial charge in [-0.15, -0.1) is 11.3 Å². The minimum absolute atomic E-state index is 0.0715. The molecule has 35 heavy (non-hydrogen) atoms. The highest BCUT2D eigenvalue weighted by atomic mass is 32.1. The van der Waals surface area contributed by atoms with Crippen molar-refractivity contribution in [2.45, 2.75) is 0 Å². The first kappa shape index (κ1) is 24.1. The van der Waals surface area contributed by atoms with Crippen molar-refractivity contribution in [2.75, 3.05) is 26.9 Å². The molecule has 0 aliphatic carbocycles. The van der Waals surface area contributed by atoms with Crippen molar-refractivity contribution >= 4 is 33.1 Å². The van der Waals surface area contributed by atoms with Gasteiger partial charge < -0.3 is 25.0 Å². The number of nitrogens with one attached hydrogen (secondary N) is 1. The van der Waals surface area contributed by atoms with Crippen molar-refractivity contribution in [2.24, 2.45) is 0 Å². The van der Waals surface area contributed by atoms with Crippen LogP contribution in [0.15, 0.2) is 54.0 Å². The molecule has 10 heteroatoms. The van der Waals surface area contributed by atoms with E-state index in [1.54, 1.807) is 23.6 Å². The zero-order valence-corrected chi connectivity index (χ0v) is 19.4. The Morgan fingerprint density at radius 2 is 1.97 bits per heavy atom. The van der Waals surface area contributed by atoms with Gasteiger partial charge in [0.25, 0.3) is 5.91 Å². The Morgan fingerprint density at radius 3 is 2.74 bits per heavy atom. The number of halogens is 1. The molecule has 3 N–H and O–H groups in total. The van der Waals surface area contributed by atoms with E-state index in [2.05, 4.69) is 10.3 Å². The lowest BCUT2D eigenvalue weighted by Crippen LogP contribution is -2.30. The Labute approximate surface area is 203 Å². The highest BCUT2D eigenvalue weighted by molar-refractivity contribution is 7.17. The number of pyridine rings is 1. The molecule has 0 saturated carbocycles. The molecule has 0 aliphatic heterocycles. The number of amides is 1. The van der Waals surface area contributed by atoms with E-state index in [-0.39, 0.29) is 36.0 Å². The third kappa shape index (κ3) is 4.93. The van der Waals surface area contributed by atoms with Gasteiger partial charge in [-0.25, -0.2) is 9.37 Å². The molecular formula is C25H21FN2O6S. The number of rotatable bonds is 9. The number of nitrogens with zero attached hydrogens (tertiary/aromatic N) is 1. The molecule has 8 nitrogen and oxygen atoms in total. The summed E-state index contributed by atoms with van der Waals surface area (Å²) in [7, 11) is 1.42. The number of benzene rings is 2. The Morgan fingerprint density at radius 1 is 1.14 bits per heavy atom. The predicted molar refractivity (Wildman–Crippen MR) is 129 cm³/mol. The van der Waals surface area contributed by atoms with E-state index in [4.69, 9.17) is 14.6 Å². The Hall–Kier alpha value is -4.02. The average molecular weight is 497 g/mol. The summed E-state index contributed by atoms with van der Waals surface area (Å²) in [4.78, 5) is 29.3. The van der Waals surface area contributed by atoms with Crippen LogP contribution in [0.4, 0.5) is 4.39 Å². The molecule has 0 atom stereocenters. The maximum Gasteiger partial charge on any atom is 0.251 e. The molecule has 0 bridgehead atoms. The highest BCUT2D eigenvalue weighted by Crippen LogP contribution is 2.40. The number of fused-ring (bicyclic) bond motifs is 1. The summed E-state index contributed by atoms with van der Waals surface area (Å²) in [5.74, 6) is -1.19. The first-order valence-electron chi connectivity index (χ1n) is 10.5. The van der Waals surface area contributed by atoms with Gasteiger partial charge in [-0.2, -0.15) is 0 Å². The number of aliphatic hydroxyl groups excluding tert-OH is 1. The second-order valence-corrected chi connectivity index (χ2v) is 8.24. The molecule has 0 aliphatic rings. The first-order valence-corrected chi connectivity index (χ1v) is 11.4. The zero-order chi connectivity index (χ0) is 24.9. The largest absolute Gasteiger partial charge is 0.505 e. The van der Waals surface area contributed by atoms with Crippen molar-refractivity contribution in [3.63, 3.8) is 0 Å². The summed E-state index contributed by atoms with van der Waals surface area (Å²) < 4.78 is 25.1. The van der Waals surface area contributed by atoms with Crippen LogP contribution in [0.3, 0.4) is 0 Å². The molecule has 0 spiro atoms. The highest BCUT2D eigenvalue weighted by Gasteiger charge is 2.20. The molecular weight excluding hydrogens is 475 g/mol. The molecule has 1 amide bonds. The molecule has 0 radical (unpaired) electrons. The summed E-state index contributed by atoms with van der Waals surface area (Å²) in [6, 6.07) is 10.7. The SMILES string of the molecule is COc1cc(C(=O)NCC(=O)c2nccc(-c3csc4c(F)cccc34)c2O)ccc1OCCO. The van der Waals surface area contributed by atoms with Crippen LogP contribution in [-0.4, -0.2) is 53.8 Å². The van der Waals surface area contributed by atoms with Crippen LogP contribution < -0.4 is 14.8 Å². The fraction of sp³-hybridized carbons (Fsp3) is 0.160. The smallest absolute Gasteiger partial charge is 0.251 e. The normalized spacial score (nSPS) is 10.8. The van der Waals surface area contributed by atoms with Gasteiger partial charge in [-0.05, 0) is 30.3 Å². The van der Waals surface area contributed by atoms with Crippen LogP contribution in [0.5, 0.6) is 17.2 Å². The molecule has 4 aromatic rings. The zero-order valence-electron chi connectivity index (χ0n) is 18.6. The standard InChI is InChI=1S/C25H21FN2O6S/c1-33-21-11-14(5-6-20(21)34-10-9-29)25(32)28-12-19(30)22-23(31)15(7-8-27-22)17-13-35-24-16(17)3-2-4-18(24)26/h2-8,11,13,29,31H,9-10,12H2,1H3,(H,28,32). The minimum Gasteiger partial charge on any atom is -0.505 e. The molecule has 2 heterocycles. The van der Waals surface area contributed by atoms with E-state index in [9.17, 15) is 19.1 Å². The van der Waals surface area contributed by atoms with Gasteiger partial charge in [0.15, 0.2) is 22.9 Å². The van der Waals surface area contributed by atoms with Gasteiger partial charge >= 0.3 is 0 Å². The van der Waals surface area contributed by atoms with Crippen LogP contribution >= 0.6 is 11.3 Å². The maximum absolute atomic E-state index is 14.1. The Bertz CT molecular complexity index is 1400. The van der Waals surface area contributed by atoms with Crippen molar-refractivity contribution in [3.05, 3.63) is 71.1 Å². The number of methoxy groups -OCH3 is 1. The summed E-state index contributed by atoms with van der Waals surface area (Å²) in [5, 5.41) is 24.5. The van der Waals surface area contributed by atoms with Crippen LogP contribution in [0.1, 0.15) is 20.8 Å². The number of Topliss-reactive ketones (excluding diaryl/α,β-unsaturated/α-hetero) is 1. The summed E-state index contributed by atoms with van der Waals surface area (Å²) in [5.41, 5.74) is 0.945. The van der Waals surface area contributed by atoms with E-state index >= 15 is 0 Å². The van der Waals surface area contributed by atoms with Gasteiger partial charge in [0.1, 0.15) is 12.4 Å².